The van der Waals surface area contributed by atoms with Crippen molar-refractivity contribution >= 4 is 5.69 Å². The Morgan fingerprint density at radius 3 is 2.80 bits per heavy atom. The van der Waals surface area contributed by atoms with Gasteiger partial charge in [-0.15, -0.1) is 0 Å². The number of anilines is 1. The first kappa shape index (κ1) is 11.9. The van der Waals surface area contributed by atoms with Crippen molar-refractivity contribution < 1.29 is 9.84 Å². The van der Waals surface area contributed by atoms with Crippen molar-refractivity contribution in [2.75, 3.05) is 25.6 Å². The highest BCUT2D eigenvalue weighted by Crippen LogP contribution is 2.20. The van der Waals surface area contributed by atoms with E-state index in [-0.39, 0.29) is 0 Å². The molecule has 1 unspecified atom stereocenters. The lowest BCUT2D eigenvalue weighted by molar-refractivity contribution is 0.164. The molecule has 1 aromatic carbocycles. The maximum absolute atomic E-state index is 9.36. The second kappa shape index (κ2) is 5.61. The number of phenols is 1. The molecule has 0 aliphatic heterocycles. The summed E-state index contributed by atoms with van der Waals surface area (Å²) < 4.78 is 5.05. The monoisotopic (exact) mass is 209 g/mol. The summed E-state index contributed by atoms with van der Waals surface area (Å²) in [6, 6.07) is 5.52. The second-order valence-electron chi connectivity index (χ2n) is 3.94. The Hall–Kier alpha value is -1.22. The molecule has 0 saturated carbocycles. The Balaban J connectivity index is 2.47. The van der Waals surface area contributed by atoms with Gasteiger partial charge < -0.3 is 15.2 Å². The van der Waals surface area contributed by atoms with E-state index in [2.05, 4.69) is 12.2 Å². The molecule has 1 aromatic rings. The van der Waals surface area contributed by atoms with Gasteiger partial charge in [0.25, 0.3) is 0 Å². The number of rotatable bonds is 5. The van der Waals surface area contributed by atoms with E-state index in [0.29, 0.717) is 11.7 Å². The smallest absolute Gasteiger partial charge is 0.118 e. The molecule has 15 heavy (non-hydrogen) atoms. The summed E-state index contributed by atoms with van der Waals surface area (Å²) in [4.78, 5) is 0. The average molecular weight is 209 g/mol. The van der Waals surface area contributed by atoms with Crippen LogP contribution in [0.2, 0.25) is 0 Å². The third kappa shape index (κ3) is 3.80. The topological polar surface area (TPSA) is 41.5 Å². The van der Waals surface area contributed by atoms with Gasteiger partial charge in [0.05, 0.1) is 6.61 Å². The standard InChI is InChI=1S/C12H19NO2/c1-9(8-15-3)7-13-11-4-5-12(14)10(2)6-11/h4-6,9,13-14H,7-8H2,1-3H3. The zero-order valence-electron chi connectivity index (χ0n) is 9.58. The molecule has 0 aliphatic rings. The fraction of sp³-hybridized carbons (Fsp3) is 0.500. The number of aromatic hydroxyl groups is 1. The van der Waals surface area contributed by atoms with Crippen molar-refractivity contribution in [1.29, 1.82) is 0 Å². The molecule has 0 bridgehead atoms. The van der Waals surface area contributed by atoms with Crippen LogP contribution in [0.1, 0.15) is 12.5 Å². The summed E-state index contributed by atoms with van der Waals surface area (Å²) in [7, 11) is 1.71. The molecule has 0 heterocycles. The summed E-state index contributed by atoms with van der Waals surface area (Å²) >= 11 is 0. The Labute approximate surface area is 91.1 Å². The zero-order chi connectivity index (χ0) is 11.3. The highest BCUT2D eigenvalue weighted by molar-refractivity contribution is 5.50. The average Bonchev–Trinajstić information content (AvgIpc) is 2.20. The first-order chi connectivity index (χ1) is 7.13. The molecule has 0 aliphatic carbocycles. The van der Waals surface area contributed by atoms with Crippen molar-refractivity contribution in [3.63, 3.8) is 0 Å². The van der Waals surface area contributed by atoms with Gasteiger partial charge in [-0.1, -0.05) is 6.92 Å². The number of hydrogen-bond acceptors (Lipinski definition) is 3. The lowest BCUT2D eigenvalue weighted by atomic mass is 10.1. The fourth-order valence-corrected chi connectivity index (χ4v) is 1.40. The third-order valence-electron chi connectivity index (χ3n) is 2.30. The first-order valence-corrected chi connectivity index (χ1v) is 5.16. The first-order valence-electron chi connectivity index (χ1n) is 5.16. The number of phenolic OH excluding ortho intramolecular Hbond substituents is 1. The Bertz CT molecular complexity index is 312. The van der Waals surface area contributed by atoms with Crippen LogP contribution in [0.4, 0.5) is 5.69 Å². The number of ether oxygens (including phenoxy) is 1. The molecule has 0 saturated heterocycles. The molecule has 3 heteroatoms. The van der Waals surface area contributed by atoms with Crippen molar-refractivity contribution in [2.45, 2.75) is 13.8 Å². The van der Waals surface area contributed by atoms with Crippen molar-refractivity contribution in [3.05, 3.63) is 23.8 Å². The predicted molar refractivity (Wildman–Crippen MR) is 62.4 cm³/mol. The Kier molecular flexibility index (Phi) is 4.43. The van der Waals surface area contributed by atoms with Crippen molar-refractivity contribution in [2.24, 2.45) is 5.92 Å². The molecule has 0 fully saturated rings. The van der Waals surface area contributed by atoms with Crippen molar-refractivity contribution in [3.8, 4) is 5.75 Å². The molecule has 2 N–H and O–H groups in total. The molecule has 3 nitrogen and oxygen atoms in total. The van der Waals surface area contributed by atoms with E-state index in [1.807, 2.05) is 19.1 Å². The highest BCUT2D eigenvalue weighted by atomic mass is 16.5. The minimum absolute atomic E-state index is 0.338. The van der Waals surface area contributed by atoms with Gasteiger partial charge in [0, 0.05) is 19.3 Å². The van der Waals surface area contributed by atoms with Crippen LogP contribution >= 0.6 is 0 Å². The van der Waals surface area contributed by atoms with Gasteiger partial charge >= 0.3 is 0 Å². The van der Waals surface area contributed by atoms with Gasteiger partial charge in [-0.05, 0) is 36.6 Å². The number of aryl methyl sites for hydroxylation is 1. The molecule has 0 aromatic heterocycles. The minimum Gasteiger partial charge on any atom is -0.508 e. The van der Waals surface area contributed by atoms with E-state index in [4.69, 9.17) is 4.74 Å². The quantitative estimate of drug-likeness (QED) is 0.732. The van der Waals surface area contributed by atoms with Gasteiger partial charge in [0.1, 0.15) is 5.75 Å². The van der Waals surface area contributed by atoms with Crippen LogP contribution < -0.4 is 5.32 Å². The Morgan fingerprint density at radius 1 is 1.47 bits per heavy atom. The molecule has 0 spiro atoms. The molecule has 1 atom stereocenters. The van der Waals surface area contributed by atoms with E-state index < -0.39 is 0 Å². The van der Waals surface area contributed by atoms with Crippen LogP contribution in [0.15, 0.2) is 18.2 Å². The SMILES string of the molecule is COCC(C)CNc1ccc(O)c(C)c1. The van der Waals surface area contributed by atoms with Crippen LogP contribution in [0.25, 0.3) is 0 Å². The van der Waals surface area contributed by atoms with Crippen LogP contribution in [-0.4, -0.2) is 25.4 Å². The highest BCUT2D eigenvalue weighted by Gasteiger charge is 2.02. The van der Waals surface area contributed by atoms with E-state index in [1.54, 1.807) is 13.2 Å². The van der Waals surface area contributed by atoms with Gasteiger partial charge in [0.2, 0.25) is 0 Å². The summed E-state index contributed by atoms with van der Waals surface area (Å²) in [6.45, 7) is 5.64. The van der Waals surface area contributed by atoms with E-state index >= 15 is 0 Å². The lowest BCUT2D eigenvalue weighted by Crippen LogP contribution is -2.15. The number of methoxy groups -OCH3 is 1. The van der Waals surface area contributed by atoms with Gasteiger partial charge in [-0.2, -0.15) is 0 Å². The molecular formula is C12H19NO2. The summed E-state index contributed by atoms with van der Waals surface area (Å²) in [5.41, 5.74) is 1.92. The number of benzene rings is 1. The van der Waals surface area contributed by atoms with Gasteiger partial charge in [-0.3, -0.25) is 0 Å². The molecule has 0 amide bonds. The zero-order valence-corrected chi connectivity index (χ0v) is 9.58. The minimum atomic E-state index is 0.338. The second-order valence-corrected chi connectivity index (χ2v) is 3.94. The molecule has 84 valence electrons. The largest absolute Gasteiger partial charge is 0.508 e. The van der Waals surface area contributed by atoms with Gasteiger partial charge in [0.15, 0.2) is 0 Å². The van der Waals surface area contributed by atoms with E-state index in [9.17, 15) is 5.11 Å². The molecule has 0 radical (unpaired) electrons. The van der Waals surface area contributed by atoms with E-state index in [1.165, 1.54) is 0 Å². The van der Waals surface area contributed by atoms with Crippen molar-refractivity contribution in [1.82, 2.24) is 0 Å². The summed E-state index contributed by atoms with van der Waals surface area (Å²) in [6.07, 6.45) is 0. The maximum atomic E-state index is 9.36. The molecule has 1 rings (SSSR count). The lowest BCUT2D eigenvalue weighted by Gasteiger charge is -2.13. The van der Waals surface area contributed by atoms with Crippen LogP contribution in [-0.2, 0) is 4.74 Å². The summed E-state index contributed by atoms with van der Waals surface area (Å²) in [5.74, 6) is 0.814. The summed E-state index contributed by atoms with van der Waals surface area (Å²) in [5, 5.41) is 12.7. The maximum Gasteiger partial charge on any atom is 0.118 e. The van der Waals surface area contributed by atoms with Crippen LogP contribution in [0.3, 0.4) is 0 Å². The fourth-order valence-electron chi connectivity index (χ4n) is 1.40. The van der Waals surface area contributed by atoms with Crippen LogP contribution in [0.5, 0.6) is 5.75 Å². The number of hydrogen-bond donors (Lipinski definition) is 2. The Morgan fingerprint density at radius 2 is 2.20 bits per heavy atom. The normalized spacial score (nSPS) is 12.5. The van der Waals surface area contributed by atoms with Gasteiger partial charge in [-0.25, -0.2) is 0 Å². The third-order valence-corrected chi connectivity index (χ3v) is 2.30. The predicted octanol–water partition coefficient (Wildman–Crippen LogP) is 2.40. The van der Waals surface area contributed by atoms with Crippen LogP contribution in [0, 0.1) is 12.8 Å². The molecular weight excluding hydrogens is 190 g/mol. The number of nitrogens with one attached hydrogen (secondary N) is 1. The van der Waals surface area contributed by atoms with E-state index in [0.717, 1.165) is 24.4 Å².